The molecule has 5 nitrogen and oxygen atoms in total. The quantitative estimate of drug-likeness (QED) is 0.762. The Balaban J connectivity index is 2.71. The zero-order chi connectivity index (χ0) is 12.7. The molecular weight excluding hydrogens is 222 g/mol. The summed E-state index contributed by atoms with van der Waals surface area (Å²) in [6, 6.07) is 7.27. The lowest BCUT2D eigenvalue weighted by atomic mass is 10.1. The number of aliphatic carboxylic acids is 1. The number of hydrogen-bond acceptors (Lipinski definition) is 3. The largest absolute Gasteiger partial charge is 0.479 e. The molecule has 0 radical (unpaired) electrons. The standard InChI is InChI=1S/C12H13NO4/c1-2-8-17-12(16)13-10(11(14)15)9-6-4-3-5-7-9/h2-7,10H,1,8H2,(H,13,16)(H,14,15). The highest BCUT2D eigenvalue weighted by Crippen LogP contribution is 2.12. The van der Waals surface area contributed by atoms with Crippen LogP contribution in [0.1, 0.15) is 11.6 Å². The number of carboxylic acid groups (broad SMARTS) is 1. The fourth-order valence-electron chi connectivity index (χ4n) is 1.23. The summed E-state index contributed by atoms with van der Waals surface area (Å²) < 4.78 is 4.66. The van der Waals surface area contributed by atoms with Crippen LogP contribution in [-0.4, -0.2) is 23.8 Å². The number of ether oxygens (including phenoxy) is 1. The third-order valence-corrected chi connectivity index (χ3v) is 1.97. The molecule has 90 valence electrons. The lowest BCUT2D eigenvalue weighted by Crippen LogP contribution is -2.34. The molecule has 1 atom stereocenters. The van der Waals surface area contributed by atoms with E-state index in [1.165, 1.54) is 6.08 Å². The topological polar surface area (TPSA) is 75.6 Å². The number of amides is 1. The van der Waals surface area contributed by atoms with Crippen molar-refractivity contribution in [1.29, 1.82) is 0 Å². The zero-order valence-electron chi connectivity index (χ0n) is 9.13. The molecule has 0 aliphatic carbocycles. The van der Waals surface area contributed by atoms with Crippen LogP contribution < -0.4 is 5.32 Å². The van der Waals surface area contributed by atoms with Gasteiger partial charge in [0.1, 0.15) is 6.61 Å². The first-order chi connectivity index (χ1) is 8.15. The number of carbonyl (C=O) groups is 2. The number of hydrogen-bond donors (Lipinski definition) is 2. The molecule has 0 spiro atoms. The molecule has 0 aliphatic rings. The summed E-state index contributed by atoms with van der Waals surface area (Å²) in [6.45, 7) is 3.42. The van der Waals surface area contributed by atoms with Gasteiger partial charge in [-0.15, -0.1) is 0 Å². The molecule has 1 aromatic carbocycles. The molecule has 0 aromatic heterocycles. The van der Waals surface area contributed by atoms with Gasteiger partial charge in [-0.2, -0.15) is 0 Å². The van der Waals surface area contributed by atoms with Crippen molar-refractivity contribution in [3.63, 3.8) is 0 Å². The monoisotopic (exact) mass is 235 g/mol. The first-order valence-electron chi connectivity index (χ1n) is 4.97. The highest BCUT2D eigenvalue weighted by atomic mass is 16.5. The zero-order valence-corrected chi connectivity index (χ0v) is 9.13. The maximum absolute atomic E-state index is 11.2. The SMILES string of the molecule is C=CCOC(=O)NC(C(=O)O)c1ccccc1. The number of carbonyl (C=O) groups excluding carboxylic acids is 1. The molecule has 1 aromatic rings. The van der Waals surface area contributed by atoms with E-state index in [2.05, 4.69) is 16.6 Å². The van der Waals surface area contributed by atoms with Crippen LogP contribution in [0.3, 0.4) is 0 Å². The van der Waals surface area contributed by atoms with Crippen molar-refractivity contribution in [2.45, 2.75) is 6.04 Å². The molecule has 5 heteroatoms. The van der Waals surface area contributed by atoms with Crippen LogP contribution in [0.25, 0.3) is 0 Å². The minimum Gasteiger partial charge on any atom is -0.479 e. The summed E-state index contributed by atoms with van der Waals surface area (Å²) in [5.41, 5.74) is 0.482. The van der Waals surface area contributed by atoms with Gasteiger partial charge in [0.2, 0.25) is 0 Å². The van der Waals surface area contributed by atoms with Crippen molar-refractivity contribution in [2.24, 2.45) is 0 Å². The summed E-state index contributed by atoms with van der Waals surface area (Å²) in [7, 11) is 0. The summed E-state index contributed by atoms with van der Waals surface area (Å²) in [5.74, 6) is -1.15. The van der Waals surface area contributed by atoms with E-state index in [1.54, 1.807) is 30.3 Å². The predicted molar refractivity (Wildman–Crippen MR) is 61.5 cm³/mol. The van der Waals surface area contributed by atoms with E-state index in [0.717, 1.165) is 0 Å². The molecule has 0 fully saturated rings. The van der Waals surface area contributed by atoms with Crippen LogP contribution in [0, 0.1) is 0 Å². The fraction of sp³-hybridized carbons (Fsp3) is 0.167. The van der Waals surface area contributed by atoms with E-state index in [9.17, 15) is 9.59 Å². The van der Waals surface area contributed by atoms with Gasteiger partial charge in [-0.05, 0) is 5.56 Å². The van der Waals surface area contributed by atoms with Gasteiger partial charge in [0.05, 0.1) is 0 Å². The van der Waals surface area contributed by atoms with Crippen molar-refractivity contribution in [2.75, 3.05) is 6.61 Å². The highest BCUT2D eigenvalue weighted by Gasteiger charge is 2.22. The Hall–Kier alpha value is -2.30. The second-order valence-electron chi connectivity index (χ2n) is 3.21. The van der Waals surface area contributed by atoms with Crippen LogP contribution in [-0.2, 0) is 9.53 Å². The lowest BCUT2D eigenvalue weighted by Gasteiger charge is -2.14. The summed E-state index contributed by atoms with van der Waals surface area (Å²) in [5, 5.41) is 11.3. The number of alkyl carbamates (subject to hydrolysis) is 1. The van der Waals surface area contributed by atoms with E-state index < -0.39 is 18.1 Å². The minimum absolute atomic E-state index is 0.0347. The molecular formula is C12H13NO4. The number of benzene rings is 1. The summed E-state index contributed by atoms with van der Waals surface area (Å²) in [6.07, 6.45) is 0.610. The van der Waals surface area contributed by atoms with E-state index in [4.69, 9.17) is 5.11 Å². The average molecular weight is 235 g/mol. The van der Waals surface area contributed by atoms with Crippen LogP contribution in [0.4, 0.5) is 4.79 Å². The van der Waals surface area contributed by atoms with Crippen LogP contribution in [0.5, 0.6) is 0 Å². The Bertz CT molecular complexity index is 402. The molecule has 0 saturated carbocycles. The van der Waals surface area contributed by atoms with E-state index in [1.807, 2.05) is 0 Å². The maximum atomic E-state index is 11.2. The van der Waals surface area contributed by atoms with Gasteiger partial charge in [-0.25, -0.2) is 9.59 Å². The molecule has 1 amide bonds. The molecule has 1 unspecified atom stereocenters. The van der Waals surface area contributed by atoms with E-state index in [0.29, 0.717) is 5.56 Å². The van der Waals surface area contributed by atoms with Crippen molar-refractivity contribution < 1.29 is 19.4 Å². The molecule has 0 bridgehead atoms. The van der Waals surface area contributed by atoms with E-state index in [-0.39, 0.29) is 6.61 Å². The van der Waals surface area contributed by atoms with Gasteiger partial charge in [-0.3, -0.25) is 0 Å². The van der Waals surface area contributed by atoms with Crippen molar-refractivity contribution >= 4 is 12.1 Å². The summed E-state index contributed by atoms with van der Waals surface area (Å²) in [4.78, 5) is 22.3. The number of nitrogens with one attached hydrogen (secondary N) is 1. The smallest absolute Gasteiger partial charge is 0.408 e. The van der Waals surface area contributed by atoms with Gasteiger partial charge < -0.3 is 15.2 Å². The molecule has 0 aliphatic heterocycles. The Morgan fingerprint density at radius 3 is 2.59 bits per heavy atom. The Morgan fingerprint density at radius 2 is 2.06 bits per heavy atom. The van der Waals surface area contributed by atoms with Gasteiger partial charge in [0.25, 0.3) is 0 Å². The second-order valence-corrected chi connectivity index (χ2v) is 3.21. The lowest BCUT2D eigenvalue weighted by molar-refractivity contribution is -0.139. The highest BCUT2D eigenvalue weighted by molar-refractivity contribution is 5.81. The average Bonchev–Trinajstić information content (AvgIpc) is 2.34. The third-order valence-electron chi connectivity index (χ3n) is 1.97. The Labute approximate surface area is 98.7 Å². The molecule has 1 rings (SSSR count). The molecule has 0 heterocycles. The molecule has 17 heavy (non-hydrogen) atoms. The third kappa shape index (κ3) is 3.98. The normalized spacial score (nSPS) is 11.3. The van der Waals surface area contributed by atoms with Crippen LogP contribution in [0.2, 0.25) is 0 Å². The Kier molecular flexibility index (Phi) is 4.75. The molecule has 2 N–H and O–H groups in total. The molecule has 0 saturated heterocycles. The minimum atomic E-state index is -1.15. The second kappa shape index (κ2) is 6.32. The fourth-order valence-corrected chi connectivity index (χ4v) is 1.23. The van der Waals surface area contributed by atoms with Crippen molar-refractivity contribution in [1.82, 2.24) is 5.32 Å². The van der Waals surface area contributed by atoms with Gasteiger partial charge in [-0.1, -0.05) is 43.0 Å². The maximum Gasteiger partial charge on any atom is 0.408 e. The summed E-state index contributed by atoms with van der Waals surface area (Å²) >= 11 is 0. The van der Waals surface area contributed by atoms with Gasteiger partial charge >= 0.3 is 12.1 Å². The first-order valence-corrected chi connectivity index (χ1v) is 4.97. The van der Waals surface area contributed by atoms with Crippen molar-refractivity contribution in [3.8, 4) is 0 Å². The number of rotatable bonds is 5. The first kappa shape index (κ1) is 12.8. The predicted octanol–water partition coefficient (Wildman–Crippen LogP) is 1.72. The number of carboxylic acids is 1. The Morgan fingerprint density at radius 1 is 1.41 bits per heavy atom. The van der Waals surface area contributed by atoms with Crippen LogP contribution in [0.15, 0.2) is 43.0 Å². The van der Waals surface area contributed by atoms with Crippen LogP contribution >= 0.6 is 0 Å². The van der Waals surface area contributed by atoms with Gasteiger partial charge in [0, 0.05) is 0 Å². The van der Waals surface area contributed by atoms with Gasteiger partial charge in [0.15, 0.2) is 6.04 Å². The van der Waals surface area contributed by atoms with E-state index >= 15 is 0 Å². The van der Waals surface area contributed by atoms with Crippen molar-refractivity contribution in [3.05, 3.63) is 48.6 Å².